The molecule has 1 aromatic heterocycles. The largest absolute Gasteiger partial charge is 0.465 e. The van der Waals surface area contributed by atoms with E-state index in [0.717, 1.165) is 33.2 Å². The van der Waals surface area contributed by atoms with Crippen molar-refractivity contribution in [2.45, 2.75) is 20.8 Å². The molecule has 1 amide bonds. The summed E-state index contributed by atoms with van der Waals surface area (Å²) in [6, 6.07) is 11.3. The number of nitrogens with one attached hydrogen (secondary N) is 1. The number of aryl methyl sites for hydroxylation is 3. The molecule has 1 N–H and O–H groups in total. The molecule has 28 heavy (non-hydrogen) atoms. The SMILES string of the molecule is COC(=O)c1c(NC(=O)c2cccc(F)c2)sc(C)c1-c1ccc(C)c(C)c1. The van der Waals surface area contributed by atoms with E-state index >= 15 is 0 Å². The van der Waals surface area contributed by atoms with E-state index < -0.39 is 17.7 Å². The minimum atomic E-state index is -0.535. The summed E-state index contributed by atoms with van der Waals surface area (Å²) in [4.78, 5) is 26.0. The van der Waals surface area contributed by atoms with E-state index in [0.29, 0.717) is 10.6 Å². The number of methoxy groups -OCH3 is 1. The van der Waals surface area contributed by atoms with Crippen molar-refractivity contribution >= 4 is 28.2 Å². The van der Waals surface area contributed by atoms with Crippen LogP contribution in [-0.4, -0.2) is 19.0 Å². The molecule has 0 aliphatic heterocycles. The van der Waals surface area contributed by atoms with Crippen molar-refractivity contribution < 1.29 is 18.7 Å². The standard InChI is InChI=1S/C22H20FNO3S/c1-12-8-9-15(10-13(12)2)18-14(3)28-21(19(18)22(26)27-4)24-20(25)16-6-5-7-17(23)11-16/h5-11H,1-4H3,(H,24,25). The lowest BCUT2D eigenvalue weighted by Gasteiger charge is -2.10. The van der Waals surface area contributed by atoms with Crippen LogP contribution in [0.4, 0.5) is 9.39 Å². The Hall–Kier alpha value is -2.99. The summed E-state index contributed by atoms with van der Waals surface area (Å²) in [5.41, 5.74) is 4.34. The van der Waals surface area contributed by atoms with E-state index in [1.54, 1.807) is 0 Å². The van der Waals surface area contributed by atoms with Crippen LogP contribution in [-0.2, 0) is 4.74 Å². The highest BCUT2D eigenvalue weighted by Gasteiger charge is 2.25. The van der Waals surface area contributed by atoms with E-state index in [4.69, 9.17) is 4.74 Å². The van der Waals surface area contributed by atoms with Gasteiger partial charge >= 0.3 is 5.97 Å². The number of esters is 1. The molecule has 0 saturated heterocycles. The van der Waals surface area contributed by atoms with Gasteiger partial charge in [0.15, 0.2) is 0 Å². The molecule has 0 saturated carbocycles. The Kier molecular flexibility index (Phi) is 5.61. The molecule has 0 spiro atoms. The highest BCUT2D eigenvalue weighted by molar-refractivity contribution is 7.17. The van der Waals surface area contributed by atoms with Gasteiger partial charge in [-0.1, -0.05) is 24.3 Å². The van der Waals surface area contributed by atoms with Crippen molar-refractivity contribution in [3.8, 4) is 11.1 Å². The van der Waals surface area contributed by atoms with Crippen LogP contribution in [0.5, 0.6) is 0 Å². The number of carbonyl (C=O) groups is 2. The maximum absolute atomic E-state index is 13.4. The summed E-state index contributed by atoms with van der Waals surface area (Å²) in [5.74, 6) is -1.52. The number of anilines is 1. The second kappa shape index (κ2) is 7.94. The Morgan fingerprint density at radius 3 is 2.43 bits per heavy atom. The number of hydrogen-bond acceptors (Lipinski definition) is 4. The first kappa shape index (κ1) is 19.8. The normalized spacial score (nSPS) is 10.6. The Labute approximate surface area is 167 Å². The van der Waals surface area contributed by atoms with Crippen LogP contribution in [0, 0.1) is 26.6 Å². The van der Waals surface area contributed by atoms with Crippen molar-refractivity contribution in [2.75, 3.05) is 12.4 Å². The van der Waals surface area contributed by atoms with Crippen LogP contribution >= 0.6 is 11.3 Å². The fourth-order valence-corrected chi connectivity index (χ4v) is 4.04. The minimum absolute atomic E-state index is 0.176. The summed E-state index contributed by atoms with van der Waals surface area (Å²) < 4.78 is 18.4. The molecule has 1 heterocycles. The lowest BCUT2D eigenvalue weighted by atomic mass is 9.97. The molecule has 0 fully saturated rings. The van der Waals surface area contributed by atoms with Gasteiger partial charge in [-0.2, -0.15) is 0 Å². The van der Waals surface area contributed by atoms with Crippen LogP contribution in [0.15, 0.2) is 42.5 Å². The fourth-order valence-electron chi connectivity index (χ4n) is 2.98. The van der Waals surface area contributed by atoms with Crippen molar-refractivity contribution in [1.29, 1.82) is 0 Å². The number of hydrogen-bond donors (Lipinski definition) is 1. The van der Waals surface area contributed by atoms with Crippen LogP contribution in [0.1, 0.15) is 36.7 Å². The Morgan fingerprint density at radius 1 is 1.04 bits per heavy atom. The minimum Gasteiger partial charge on any atom is -0.465 e. The average Bonchev–Trinajstić information content (AvgIpc) is 2.99. The molecule has 2 aromatic carbocycles. The number of amides is 1. The van der Waals surface area contributed by atoms with Crippen LogP contribution < -0.4 is 5.32 Å². The molecule has 0 aliphatic rings. The van der Waals surface area contributed by atoms with Crippen molar-refractivity contribution in [3.63, 3.8) is 0 Å². The van der Waals surface area contributed by atoms with Crippen LogP contribution in [0.25, 0.3) is 11.1 Å². The van der Waals surface area contributed by atoms with E-state index in [-0.39, 0.29) is 5.56 Å². The molecular weight excluding hydrogens is 377 g/mol. The van der Waals surface area contributed by atoms with Crippen LogP contribution in [0.3, 0.4) is 0 Å². The zero-order valence-electron chi connectivity index (χ0n) is 16.1. The van der Waals surface area contributed by atoms with Gasteiger partial charge in [0.2, 0.25) is 0 Å². The third kappa shape index (κ3) is 3.82. The van der Waals surface area contributed by atoms with E-state index in [1.807, 2.05) is 39.0 Å². The molecule has 3 aromatic rings. The lowest BCUT2D eigenvalue weighted by molar-refractivity contribution is 0.0603. The predicted octanol–water partition coefficient (Wildman–Crippen LogP) is 5.52. The maximum Gasteiger partial charge on any atom is 0.341 e. The molecule has 0 unspecified atom stereocenters. The van der Waals surface area contributed by atoms with Gasteiger partial charge in [-0.3, -0.25) is 4.79 Å². The quantitative estimate of drug-likeness (QED) is 0.590. The molecular formula is C22H20FNO3S. The summed E-state index contributed by atoms with van der Waals surface area (Å²) in [7, 11) is 1.30. The number of ether oxygens (including phenoxy) is 1. The number of rotatable bonds is 4. The first-order valence-electron chi connectivity index (χ1n) is 8.68. The molecule has 144 valence electrons. The summed E-state index contributed by atoms with van der Waals surface area (Å²) in [5, 5.41) is 3.12. The lowest BCUT2D eigenvalue weighted by Crippen LogP contribution is -2.14. The van der Waals surface area contributed by atoms with Crippen molar-refractivity contribution in [2.24, 2.45) is 0 Å². The Morgan fingerprint density at radius 2 is 1.79 bits per heavy atom. The van der Waals surface area contributed by atoms with Gasteiger partial charge in [-0.15, -0.1) is 11.3 Å². The smallest absolute Gasteiger partial charge is 0.341 e. The first-order valence-corrected chi connectivity index (χ1v) is 9.49. The van der Waals surface area contributed by atoms with E-state index in [1.165, 1.54) is 36.6 Å². The number of halogens is 1. The molecule has 0 bridgehead atoms. The summed E-state index contributed by atoms with van der Waals surface area (Å²) in [6.07, 6.45) is 0. The van der Waals surface area contributed by atoms with Crippen LogP contribution in [0.2, 0.25) is 0 Å². The molecule has 4 nitrogen and oxygen atoms in total. The topological polar surface area (TPSA) is 55.4 Å². The van der Waals surface area contributed by atoms with Gasteiger partial charge in [-0.25, -0.2) is 9.18 Å². The molecule has 0 aliphatic carbocycles. The second-order valence-corrected chi connectivity index (χ2v) is 7.72. The van der Waals surface area contributed by atoms with Gasteiger partial charge in [0.05, 0.1) is 7.11 Å². The number of benzene rings is 2. The Bertz CT molecular complexity index is 1070. The maximum atomic E-state index is 13.4. The van der Waals surface area contributed by atoms with Gasteiger partial charge in [0.25, 0.3) is 5.91 Å². The average molecular weight is 397 g/mol. The van der Waals surface area contributed by atoms with Gasteiger partial charge in [-0.05, 0) is 55.7 Å². The van der Waals surface area contributed by atoms with E-state index in [9.17, 15) is 14.0 Å². The fraction of sp³-hybridized carbons (Fsp3) is 0.182. The summed E-state index contributed by atoms with van der Waals surface area (Å²) >= 11 is 1.29. The second-order valence-electron chi connectivity index (χ2n) is 6.49. The number of thiophene rings is 1. The van der Waals surface area contributed by atoms with Gasteiger partial charge < -0.3 is 10.1 Å². The molecule has 3 rings (SSSR count). The molecule has 6 heteroatoms. The zero-order chi connectivity index (χ0) is 20.4. The third-order valence-electron chi connectivity index (χ3n) is 4.58. The Balaban J connectivity index is 2.08. The van der Waals surface area contributed by atoms with E-state index in [2.05, 4.69) is 5.32 Å². The zero-order valence-corrected chi connectivity index (χ0v) is 16.9. The first-order chi connectivity index (χ1) is 13.3. The third-order valence-corrected chi connectivity index (χ3v) is 5.60. The van der Waals surface area contributed by atoms with Gasteiger partial charge in [0.1, 0.15) is 16.4 Å². The monoisotopic (exact) mass is 397 g/mol. The molecule has 0 radical (unpaired) electrons. The highest BCUT2D eigenvalue weighted by Crippen LogP contribution is 2.41. The number of carbonyl (C=O) groups excluding carboxylic acids is 2. The summed E-state index contributed by atoms with van der Waals surface area (Å²) in [6.45, 7) is 5.91. The van der Waals surface area contributed by atoms with Crippen molar-refractivity contribution in [1.82, 2.24) is 0 Å². The van der Waals surface area contributed by atoms with Crippen molar-refractivity contribution in [3.05, 3.63) is 75.4 Å². The highest BCUT2D eigenvalue weighted by atomic mass is 32.1. The molecule has 0 atom stereocenters. The van der Waals surface area contributed by atoms with Gasteiger partial charge in [0, 0.05) is 16.0 Å². The predicted molar refractivity (Wildman–Crippen MR) is 110 cm³/mol.